The maximum Gasteiger partial charge on any atom is 0.237 e. The number of para-hydroxylation sites is 1. The van der Waals surface area contributed by atoms with Gasteiger partial charge in [0.05, 0.1) is 12.6 Å². The third kappa shape index (κ3) is 5.93. The topological polar surface area (TPSA) is 32.8 Å². The Labute approximate surface area is 173 Å². The smallest absolute Gasteiger partial charge is 0.237 e. The molecule has 3 rings (SSSR count). The van der Waals surface area contributed by atoms with Gasteiger partial charge in [-0.3, -0.25) is 9.69 Å². The summed E-state index contributed by atoms with van der Waals surface area (Å²) in [5.41, 5.74) is 2.20. The number of hydrogen-bond donors (Lipinski definition) is 0. The molecule has 0 aromatic heterocycles. The number of rotatable bonds is 9. The number of hydrogen-bond acceptors (Lipinski definition) is 3. The van der Waals surface area contributed by atoms with E-state index in [2.05, 4.69) is 24.3 Å². The summed E-state index contributed by atoms with van der Waals surface area (Å²) in [6.45, 7) is 1.55. The molecule has 0 aliphatic heterocycles. The van der Waals surface area contributed by atoms with Gasteiger partial charge in [0.25, 0.3) is 0 Å². The van der Waals surface area contributed by atoms with E-state index in [4.69, 9.17) is 4.74 Å². The minimum Gasteiger partial charge on any atom is -0.492 e. The highest BCUT2D eigenvalue weighted by atomic mass is 16.5. The molecule has 0 unspecified atom stereocenters. The quantitative estimate of drug-likeness (QED) is 0.549. The van der Waals surface area contributed by atoms with E-state index in [1.165, 1.54) is 0 Å². The van der Waals surface area contributed by atoms with Crippen molar-refractivity contribution in [2.45, 2.75) is 6.04 Å². The van der Waals surface area contributed by atoms with E-state index < -0.39 is 0 Å². The minimum atomic E-state index is -0.112. The van der Waals surface area contributed by atoms with Gasteiger partial charge in [-0.2, -0.15) is 0 Å². The highest BCUT2D eigenvalue weighted by Gasteiger charge is 2.23. The zero-order chi connectivity index (χ0) is 20.5. The first-order chi connectivity index (χ1) is 14.1. The average Bonchev–Trinajstić information content (AvgIpc) is 2.76. The van der Waals surface area contributed by atoms with E-state index in [-0.39, 0.29) is 11.9 Å². The van der Waals surface area contributed by atoms with Gasteiger partial charge < -0.3 is 9.64 Å². The van der Waals surface area contributed by atoms with Crippen molar-refractivity contribution in [3.63, 3.8) is 0 Å². The maximum atomic E-state index is 13.0. The Morgan fingerprint density at radius 1 is 0.793 bits per heavy atom. The summed E-state index contributed by atoms with van der Waals surface area (Å²) in [5.74, 6) is 0.919. The summed E-state index contributed by atoms with van der Waals surface area (Å²) in [7, 11) is 3.82. The Bertz CT molecular complexity index is 830. The van der Waals surface area contributed by atoms with Crippen LogP contribution < -0.4 is 4.74 Å². The SMILES string of the molecule is CN(CCOc1ccccc1)CC(=O)N(C)C(c1ccccc1)c1ccccc1. The maximum absolute atomic E-state index is 13.0. The van der Waals surface area contributed by atoms with Crippen molar-refractivity contribution in [1.29, 1.82) is 0 Å². The van der Waals surface area contributed by atoms with E-state index in [9.17, 15) is 4.79 Å². The molecule has 0 bridgehead atoms. The molecule has 0 aliphatic rings. The molecule has 1 amide bonds. The number of ether oxygens (including phenoxy) is 1. The molecule has 4 heteroatoms. The first kappa shape index (κ1) is 20.6. The lowest BCUT2D eigenvalue weighted by Gasteiger charge is -2.30. The van der Waals surface area contributed by atoms with Crippen LogP contribution in [0.3, 0.4) is 0 Å². The van der Waals surface area contributed by atoms with Crippen LogP contribution in [0, 0.1) is 0 Å². The Balaban J connectivity index is 1.61. The Morgan fingerprint density at radius 2 is 1.28 bits per heavy atom. The predicted molar refractivity (Wildman–Crippen MR) is 117 cm³/mol. The predicted octanol–water partition coefficient (Wildman–Crippen LogP) is 4.25. The molecule has 0 N–H and O–H groups in total. The molecule has 0 aliphatic carbocycles. The van der Waals surface area contributed by atoms with Crippen molar-refractivity contribution < 1.29 is 9.53 Å². The van der Waals surface area contributed by atoms with Crippen molar-refractivity contribution in [1.82, 2.24) is 9.80 Å². The zero-order valence-corrected chi connectivity index (χ0v) is 17.1. The molecule has 150 valence electrons. The van der Waals surface area contributed by atoms with Crippen molar-refractivity contribution >= 4 is 5.91 Å². The third-order valence-electron chi connectivity index (χ3n) is 4.90. The second kappa shape index (κ2) is 10.4. The number of carbonyl (C=O) groups is 1. The van der Waals surface area contributed by atoms with Gasteiger partial charge in [-0.15, -0.1) is 0 Å². The first-order valence-electron chi connectivity index (χ1n) is 9.87. The molecule has 3 aromatic rings. The number of likely N-dealkylation sites (N-methyl/N-ethyl adjacent to an activating group) is 2. The van der Waals surface area contributed by atoms with Crippen LogP contribution in [0.5, 0.6) is 5.75 Å². The number of benzene rings is 3. The van der Waals surface area contributed by atoms with E-state index >= 15 is 0 Å². The number of amides is 1. The average molecular weight is 389 g/mol. The van der Waals surface area contributed by atoms with Gasteiger partial charge in [0.2, 0.25) is 5.91 Å². The summed E-state index contributed by atoms with van der Waals surface area (Å²) >= 11 is 0. The van der Waals surface area contributed by atoms with Crippen LogP contribution in [0.4, 0.5) is 0 Å². The van der Waals surface area contributed by atoms with Gasteiger partial charge in [-0.25, -0.2) is 0 Å². The summed E-state index contributed by atoms with van der Waals surface area (Å²) in [5, 5.41) is 0. The third-order valence-corrected chi connectivity index (χ3v) is 4.90. The van der Waals surface area contributed by atoms with Crippen molar-refractivity contribution in [3.05, 3.63) is 102 Å². The summed E-state index contributed by atoms with van der Waals surface area (Å²) in [4.78, 5) is 16.8. The Kier molecular flexibility index (Phi) is 7.42. The second-order valence-electron chi connectivity index (χ2n) is 7.13. The van der Waals surface area contributed by atoms with Gasteiger partial charge in [0, 0.05) is 13.6 Å². The van der Waals surface area contributed by atoms with Crippen LogP contribution in [0.15, 0.2) is 91.0 Å². The van der Waals surface area contributed by atoms with Gasteiger partial charge in [-0.05, 0) is 30.3 Å². The molecular weight excluding hydrogens is 360 g/mol. The van der Waals surface area contributed by atoms with Crippen LogP contribution in [0.25, 0.3) is 0 Å². The molecule has 4 nitrogen and oxygen atoms in total. The van der Waals surface area contributed by atoms with Gasteiger partial charge >= 0.3 is 0 Å². The molecule has 0 heterocycles. The van der Waals surface area contributed by atoms with E-state index in [0.29, 0.717) is 19.7 Å². The van der Waals surface area contributed by atoms with Crippen molar-refractivity contribution in [3.8, 4) is 5.75 Å². The monoisotopic (exact) mass is 388 g/mol. The summed E-state index contributed by atoms with van der Waals surface area (Å²) < 4.78 is 5.74. The van der Waals surface area contributed by atoms with Crippen LogP contribution >= 0.6 is 0 Å². The van der Waals surface area contributed by atoms with Crippen LogP contribution in [-0.2, 0) is 4.79 Å². The van der Waals surface area contributed by atoms with Crippen molar-refractivity contribution in [2.75, 3.05) is 33.8 Å². The molecule has 3 aromatic carbocycles. The second-order valence-corrected chi connectivity index (χ2v) is 7.13. The normalized spacial score (nSPS) is 10.9. The molecule has 0 spiro atoms. The molecular formula is C25H28N2O2. The highest BCUT2D eigenvalue weighted by molar-refractivity contribution is 5.79. The van der Waals surface area contributed by atoms with Gasteiger partial charge in [0.1, 0.15) is 12.4 Å². The minimum absolute atomic E-state index is 0.0740. The fourth-order valence-corrected chi connectivity index (χ4v) is 3.31. The van der Waals surface area contributed by atoms with E-state index in [1.54, 1.807) is 0 Å². The number of nitrogens with zero attached hydrogens (tertiary/aromatic N) is 2. The lowest BCUT2D eigenvalue weighted by molar-refractivity contribution is -0.132. The van der Waals surface area contributed by atoms with Crippen LogP contribution in [0.1, 0.15) is 17.2 Å². The molecule has 0 fully saturated rings. The van der Waals surface area contributed by atoms with Crippen LogP contribution in [0.2, 0.25) is 0 Å². The fourth-order valence-electron chi connectivity index (χ4n) is 3.31. The van der Waals surface area contributed by atoms with E-state index in [0.717, 1.165) is 16.9 Å². The van der Waals surface area contributed by atoms with Gasteiger partial charge in [0.15, 0.2) is 0 Å². The summed E-state index contributed by atoms with van der Waals surface area (Å²) in [6, 6.07) is 29.9. The lowest BCUT2D eigenvalue weighted by atomic mass is 9.97. The van der Waals surface area contributed by atoms with Gasteiger partial charge in [-0.1, -0.05) is 78.9 Å². The largest absolute Gasteiger partial charge is 0.492 e. The lowest BCUT2D eigenvalue weighted by Crippen LogP contribution is -2.40. The highest BCUT2D eigenvalue weighted by Crippen LogP contribution is 2.27. The van der Waals surface area contributed by atoms with E-state index in [1.807, 2.05) is 90.6 Å². The molecule has 0 saturated heterocycles. The molecule has 29 heavy (non-hydrogen) atoms. The Hall–Kier alpha value is -3.11. The zero-order valence-electron chi connectivity index (χ0n) is 17.1. The molecule has 0 saturated carbocycles. The fraction of sp³-hybridized carbons (Fsp3) is 0.240. The summed E-state index contributed by atoms with van der Waals surface area (Å²) in [6.07, 6.45) is 0. The molecule has 0 radical (unpaired) electrons. The standard InChI is InChI=1S/C25H28N2O2/c1-26(18-19-29-23-16-10-5-11-17-23)20-24(28)27(2)25(21-12-6-3-7-13-21)22-14-8-4-9-15-22/h3-17,25H,18-20H2,1-2H3. The van der Waals surface area contributed by atoms with Crippen molar-refractivity contribution in [2.24, 2.45) is 0 Å². The Morgan fingerprint density at radius 3 is 1.79 bits per heavy atom. The first-order valence-corrected chi connectivity index (χ1v) is 9.87. The molecule has 0 atom stereocenters. The van der Waals surface area contributed by atoms with Crippen LogP contribution in [-0.4, -0.2) is 49.5 Å². The number of carbonyl (C=O) groups excluding carboxylic acids is 1.